The highest BCUT2D eigenvalue weighted by Gasteiger charge is 2.73. The van der Waals surface area contributed by atoms with Crippen LogP contribution in [-0.4, -0.2) is 20.8 Å². The van der Waals surface area contributed by atoms with Crippen molar-refractivity contribution in [3.05, 3.63) is 94.3 Å². The van der Waals surface area contributed by atoms with Gasteiger partial charge in [0.05, 0.1) is 16.3 Å². The van der Waals surface area contributed by atoms with Crippen LogP contribution in [0.25, 0.3) is 11.9 Å². The fourth-order valence-corrected chi connectivity index (χ4v) is 6.54. The number of amidine groups is 1. The van der Waals surface area contributed by atoms with Crippen LogP contribution in [0, 0.1) is 5.92 Å². The summed E-state index contributed by atoms with van der Waals surface area (Å²) in [5.74, 6) is -0.457. The van der Waals surface area contributed by atoms with Gasteiger partial charge in [0.15, 0.2) is 5.17 Å². The Morgan fingerprint density at radius 1 is 1.21 bits per heavy atom. The summed E-state index contributed by atoms with van der Waals surface area (Å²) in [6.07, 6.45) is 4.29. The molecule has 5 nitrogen and oxygen atoms in total. The lowest BCUT2D eigenvalue weighted by molar-refractivity contribution is -0.116. The van der Waals surface area contributed by atoms with Crippen LogP contribution >= 0.6 is 23.4 Å². The number of nitrogens with zero attached hydrogens (tertiary/aromatic N) is 2. The highest BCUT2D eigenvalue weighted by atomic mass is 35.5. The Balaban J connectivity index is 1.30. The zero-order valence-electron chi connectivity index (χ0n) is 18.0. The number of halogens is 2. The number of carbonyl (C=O) groups excluding carboxylic acids is 1. The van der Waals surface area contributed by atoms with Gasteiger partial charge in [0.25, 0.3) is 0 Å². The number of hydrogen-bond donors (Lipinski definition) is 2. The quantitative estimate of drug-likeness (QED) is 0.512. The highest BCUT2D eigenvalue weighted by Crippen LogP contribution is 2.69. The fourth-order valence-electron chi connectivity index (χ4n) is 5.12. The molecule has 0 unspecified atom stereocenters. The van der Waals surface area contributed by atoms with Crippen LogP contribution in [-0.2, 0) is 16.8 Å². The first kappa shape index (κ1) is 21.4. The normalized spacial score (nSPS) is 26.7. The van der Waals surface area contributed by atoms with Gasteiger partial charge < -0.3 is 11.1 Å². The van der Waals surface area contributed by atoms with Crippen LogP contribution in [0.1, 0.15) is 28.8 Å². The van der Waals surface area contributed by atoms with Crippen molar-refractivity contribution in [2.24, 2.45) is 16.6 Å². The van der Waals surface area contributed by atoms with Gasteiger partial charge in [-0.15, -0.1) is 0 Å². The number of anilines is 1. The minimum absolute atomic E-state index is 0.0375. The Morgan fingerprint density at radius 2 is 2.03 bits per heavy atom. The second-order valence-electron chi connectivity index (χ2n) is 8.89. The molecule has 3 aliphatic rings. The Hall–Kier alpha value is -3.16. The first-order valence-corrected chi connectivity index (χ1v) is 12.1. The van der Waals surface area contributed by atoms with Crippen molar-refractivity contribution in [1.29, 1.82) is 0 Å². The van der Waals surface area contributed by atoms with Crippen molar-refractivity contribution in [3.63, 3.8) is 0 Å². The van der Waals surface area contributed by atoms with Crippen molar-refractivity contribution >= 4 is 52.0 Å². The third-order valence-electron chi connectivity index (χ3n) is 6.82. The molecule has 2 aliphatic carbocycles. The average Bonchev–Trinajstić information content (AvgIpc) is 3.56. The minimum atomic E-state index is -0.635. The molecule has 2 heterocycles. The monoisotopic (exact) mass is 490 g/mol. The number of thioether (sulfide) groups is 1. The summed E-state index contributed by atoms with van der Waals surface area (Å²) >= 11 is 7.21. The molecule has 1 fully saturated rings. The van der Waals surface area contributed by atoms with E-state index in [0.29, 0.717) is 22.2 Å². The summed E-state index contributed by atoms with van der Waals surface area (Å²) < 4.78 is 14.2. The zero-order valence-corrected chi connectivity index (χ0v) is 19.5. The largest absolute Gasteiger partial charge is 0.378 e. The Labute approximate surface area is 205 Å². The number of carbonyl (C=O) groups is 1. The van der Waals surface area contributed by atoms with Gasteiger partial charge in [0.2, 0.25) is 5.91 Å². The molecular formula is C26H20ClFN4OS. The molecule has 34 heavy (non-hydrogen) atoms. The number of aliphatic imine (C=N–C) groups is 1. The van der Waals surface area contributed by atoms with E-state index >= 15 is 0 Å². The summed E-state index contributed by atoms with van der Waals surface area (Å²) in [5.41, 5.74) is 9.56. The van der Waals surface area contributed by atoms with Crippen molar-refractivity contribution in [3.8, 4) is 0 Å². The third-order valence-corrected chi connectivity index (χ3v) is 8.35. The van der Waals surface area contributed by atoms with Gasteiger partial charge in [-0.05, 0) is 59.5 Å². The molecular weight excluding hydrogens is 471 g/mol. The summed E-state index contributed by atoms with van der Waals surface area (Å²) in [6, 6.07) is 18.4. The number of fused-ring (bicyclic) bond motifs is 4. The molecule has 3 aromatic rings. The Kier molecular flexibility index (Phi) is 4.83. The molecule has 8 heteroatoms. The van der Waals surface area contributed by atoms with Gasteiger partial charge >= 0.3 is 0 Å². The van der Waals surface area contributed by atoms with E-state index < -0.39 is 16.1 Å². The molecule has 0 radical (unpaired) electrons. The summed E-state index contributed by atoms with van der Waals surface area (Å²) in [7, 11) is 0. The molecule has 1 saturated carbocycles. The van der Waals surface area contributed by atoms with Crippen LogP contribution in [0.5, 0.6) is 0 Å². The van der Waals surface area contributed by atoms with Crippen molar-refractivity contribution < 1.29 is 9.18 Å². The fraction of sp³-hybridized carbons (Fsp3) is 0.192. The maximum atomic E-state index is 14.8. The molecule has 0 bridgehead atoms. The van der Waals surface area contributed by atoms with Crippen molar-refractivity contribution in [2.45, 2.75) is 23.1 Å². The number of hydrogen-bond acceptors (Lipinski definition) is 5. The van der Waals surface area contributed by atoms with Crippen LogP contribution in [0.2, 0.25) is 5.02 Å². The van der Waals surface area contributed by atoms with Gasteiger partial charge in [-0.1, -0.05) is 53.7 Å². The van der Waals surface area contributed by atoms with Gasteiger partial charge in [-0.2, -0.15) is 0 Å². The number of para-hydroxylation sites is 1. The van der Waals surface area contributed by atoms with Crippen LogP contribution in [0.3, 0.4) is 0 Å². The van der Waals surface area contributed by atoms with Crippen LogP contribution < -0.4 is 11.1 Å². The summed E-state index contributed by atoms with van der Waals surface area (Å²) in [4.78, 5) is 22.2. The molecule has 3 N–H and O–H groups in total. The van der Waals surface area contributed by atoms with E-state index in [1.54, 1.807) is 12.1 Å². The lowest BCUT2D eigenvalue weighted by Crippen LogP contribution is -2.48. The van der Waals surface area contributed by atoms with Gasteiger partial charge in [-0.3, -0.25) is 14.8 Å². The van der Waals surface area contributed by atoms with Crippen LogP contribution in [0.15, 0.2) is 71.9 Å². The predicted molar refractivity (Wildman–Crippen MR) is 135 cm³/mol. The van der Waals surface area contributed by atoms with Crippen molar-refractivity contribution in [1.82, 2.24) is 4.98 Å². The third kappa shape index (κ3) is 3.34. The number of amides is 1. The van der Waals surface area contributed by atoms with E-state index in [2.05, 4.69) is 10.3 Å². The molecule has 0 saturated heterocycles. The van der Waals surface area contributed by atoms with Crippen LogP contribution in [0.4, 0.5) is 10.1 Å². The van der Waals surface area contributed by atoms with E-state index in [1.807, 2.05) is 48.5 Å². The number of rotatable bonds is 4. The van der Waals surface area contributed by atoms with E-state index in [0.717, 1.165) is 23.2 Å². The van der Waals surface area contributed by atoms with E-state index in [-0.39, 0.29) is 17.5 Å². The molecule has 6 rings (SSSR count). The standard InChI is InChI=1S/C26H20ClFN4OS/c27-17-8-9-21(30-14-17)20(28)11-15-6-7-16-12-25(19(16)10-15)22-13-26(22,34-24(29)32-25)23(33)31-18-4-2-1-3-5-18/h1-11,14,22H,12-13H2,(H2,29,32)(H,31,33)/b20-11-/t22-,25+,26-/m0/s1. The SMILES string of the molecule is NC1=N[C@@]2(Cc3ccc(/C=C(\F)c4ccc(Cl)cn4)cc32)[C@@H]2C[C@]2(C(=O)Nc2ccccc2)S1. The van der Waals surface area contributed by atoms with Gasteiger partial charge in [0.1, 0.15) is 10.6 Å². The molecule has 1 spiro atoms. The van der Waals surface area contributed by atoms with Crippen molar-refractivity contribution in [2.75, 3.05) is 5.32 Å². The number of nitrogens with one attached hydrogen (secondary N) is 1. The lowest BCUT2D eigenvalue weighted by atomic mass is 9.66. The highest BCUT2D eigenvalue weighted by molar-refractivity contribution is 8.15. The maximum absolute atomic E-state index is 14.8. The molecule has 2 aromatic carbocycles. The topological polar surface area (TPSA) is 80.4 Å². The Bertz CT molecular complexity index is 1380. The second-order valence-corrected chi connectivity index (χ2v) is 10.7. The molecule has 1 aromatic heterocycles. The first-order valence-electron chi connectivity index (χ1n) is 10.9. The number of benzene rings is 2. The maximum Gasteiger partial charge on any atom is 0.241 e. The first-order chi connectivity index (χ1) is 16.4. The van der Waals surface area contributed by atoms with E-state index in [4.69, 9.17) is 22.3 Å². The van der Waals surface area contributed by atoms with Gasteiger partial charge in [0, 0.05) is 24.2 Å². The number of nitrogens with two attached hydrogens (primary N) is 1. The lowest BCUT2D eigenvalue weighted by Gasteiger charge is -2.45. The predicted octanol–water partition coefficient (Wildman–Crippen LogP) is 5.41. The number of aromatic nitrogens is 1. The number of pyridine rings is 1. The molecule has 1 amide bonds. The average molecular weight is 491 g/mol. The molecule has 3 atom stereocenters. The molecule has 1 aliphatic heterocycles. The van der Waals surface area contributed by atoms with Gasteiger partial charge in [-0.25, -0.2) is 4.39 Å². The minimum Gasteiger partial charge on any atom is -0.378 e. The van der Waals surface area contributed by atoms with E-state index in [1.165, 1.54) is 24.0 Å². The second kappa shape index (κ2) is 7.68. The Morgan fingerprint density at radius 3 is 2.79 bits per heavy atom. The summed E-state index contributed by atoms with van der Waals surface area (Å²) in [6.45, 7) is 0. The smallest absolute Gasteiger partial charge is 0.241 e. The molecule has 170 valence electrons. The zero-order chi connectivity index (χ0) is 23.5. The van der Waals surface area contributed by atoms with E-state index in [9.17, 15) is 9.18 Å². The summed E-state index contributed by atoms with van der Waals surface area (Å²) in [5, 5.41) is 3.91.